The summed E-state index contributed by atoms with van der Waals surface area (Å²) in [5.41, 5.74) is 3.85. The van der Waals surface area contributed by atoms with Gasteiger partial charge in [-0.3, -0.25) is 9.59 Å². The number of hydrogen-bond acceptors (Lipinski definition) is 4. The van der Waals surface area contributed by atoms with Crippen LogP contribution >= 0.6 is 0 Å². The Morgan fingerprint density at radius 2 is 1.66 bits per heavy atom. The van der Waals surface area contributed by atoms with Crippen LogP contribution in [-0.4, -0.2) is 53.7 Å². The van der Waals surface area contributed by atoms with Crippen LogP contribution in [0.15, 0.2) is 48.5 Å². The molecule has 4 atom stereocenters. The number of benzene rings is 2. The number of ether oxygens (including phenoxy) is 1. The van der Waals surface area contributed by atoms with Gasteiger partial charge in [0.2, 0.25) is 5.91 Å². The molecule has 2 aromatic carbocycles. The summed E-state index contributed by atoms with van der Waals surface area (Å²) in [6, 6.07) is 15.9. The van der Waals surface area contributed by atoms with Gasteiger partial charge < -0.3 is 20.1 Å². The number of nitrogens with one attached hydrogen (secondary N) is 1. The van der Waals surface area contributed by atoms with Crippen LogP contribution in [0.2, 0.25) is 0 Å². The third-order valence-corrected chi connectivity index (χ3v) is 8.11. The Kier molecular flexibility index (Phi) is 5.82. The SMILES string of the molecule is CC(C)C(C(=O)N1CC2CC2(C(=O)O)C1)C(C)NC(=O)OCC1c2ccccc2-c2ccccc21. The van der Waals surface area contributed by atoms with E-state index >= 15 is 0 Å². The van der Waals surface area contributed by atoms with Gasteiger partial charge in [-0.2, -0.15) is 0 Å². The molecule has 7 heteroatoms. The number of carbonyl (C=O) groups excluding carboxylic acids is 2. The number of nitrogens with zero attached hydrogens (tertiary/aromatic N) is 1. The van der Waals surface area contributed by atoms with Gasteiger partial charge in [0.1, 0.15) is 6.61 Å². The van der Waals surface area contributed by atoms with Crippen molar-refractivity contribution < 1.29 is 24.2 Å². The summed E-state index contributed by atoms with van der Waals surface area (Å²) in [5.74, 6) is -1.39. The molecular formula is C28H32N2O5. The number of amides is 2. The lowest BCUT2D eigenvalue weighted by Crippen LogP contribution is -2.49. The Bertz CT molecular complexity index is 1130. The molecule has 2 amide bonds. The third kappa shape index (κ3) is 3.97. The second-order valence-corrected chi connectivity index (χ2v) is 10.6. The first-order valence-corrected chi connectivity index (χ1v) is 12.4. The first-order valence-electron chi connectivity index (χ1n) is 12.4. The first kappa shape index (κ1) is 23.4. The maximum Gasteiger partial charge on any atom is 0.407 e. The molecule has 7 nitrogen and oxygen atoms in total. The standard InChI is InChI=1S/C28H32N2O5/c1-16(2)24(25(31)30-13-18-12-28(18,15-30)26(32)33)17(3)29-27(34)35-14-23-21-10-6-4-8-19(21)20-9-5-7-11-22(20)23/h4-11,16-18,23-24H,12-15H2,1-3H3,(H,29,34)(H,32,33). The van der Waals surface area contributed by atoms with Gasteiger partial charge in [-0.15, -0.1) is 0 Å². The van der Waals surface area contributed by atoms with Crippen molar-refractivity contribution in [3.8, 4) is 11.1 Å². The molecule has 0 spiro atoms. The maximum absolute atomic E-state index is 13.3. The number of carbonyl (C=O) groups is 3. The summed E-state index contributed by atoms with van der Waals surface area (Å²) < 4.78 is 5.66. The summed E-state index contributed by atoms with van der Waals surface area (Å²) in [4.78, 5) is 39.4. The number of carboxylic acids is 1. The number of likely N-dealkylation sites (tertiary alicyclic amines) is 1. The molecule has 1 heterocycles. The fourth-order valence-electron chi connectivity index (χ4n) is 6.19. The summed E-state index contributed by atoms with van der Waals surface area (Å²) in [7, 11) is 0. The molecule has 184 valence electrons. The Hall–Kier alpha value is -3.35. The van der Waals surface area contributed by atoms with Crippen LogP contribution in [0, 0.1) is 23.2 Å². The Labute approximate surface area is 205 Å². The molecule has 4 unspecified atom stereocenters. The fraction of sp³-hybridized carbons (Fsp3) is 0.464. The Morgan fingerprint density at radius 3 is 2.20 bits per heavy atom. The summed E-state index contributed by atoms with van der Waals surface area (Å²) in [6.07, 6.45) is 0.0931. The number of carboxylic acid groups (broad SMARTS) is 1. The van der Waals surface area contributed by atoms with Gasteiger partial charge in [0, 0.05) is 25.0 Å². The zero-order valence-electron chi connectivity index (χ0n) is 20.4. The average molecular weight is 477 g/mol. The van der Waals surface area contributed by atoms with Gasteiger partial charge in [0.15, 0.2) is 0 Å². The van der Waals surface area contributed by atoms with E-state index in [1.165, 1.54) is 11.1 Å². The highest BCUT2D eigenvalue weighted by molar-refractivity contribution is 5.85. The zero-order chi connectivity index (χ0) is 24.9. The molecule has 0 bridgehead atoms. The molecule has 2 N–H and O–H groups in total. The van der Waals surface area contributed by atoms with E-state index in [4.69, 9.17) is 4.74 Å². The Balaban J connectivity index is 1.22. The highest BCUT2D eigenvalue weighted by Crippen LogP contribution is 2.58. The van der Waals surface area contributed by atoms with Crippen molar-refractivity contribution in [1.82, 2.24) is 10.2 Å². The normalized spacial score (nSPS) is 23.8. The number of aliphatic carboxylic acids is 1. The lowest BCUT2D eigenvalue weighted by atomic mass is 9.87. The van der Waals surface area contributed by atoms with E-state index in [0.717, 1.165) is 11.1 Å². The van der Waals surface area contributed by atoms with Crippen molar-refractivity contribution in [2.75, 3.05) is 19.7 Å². The quantitative estimate of drug-likeness (QED) is 0.627. The minimum Gasteiger partial charge on any atom is -0.481 e. The van der Waals surface area contributed by atoms with Gasteiger partial charge in [0.05, 0.1) is 11.3 Å². The van der Waals surface area contributed by atoms with Crippen LogP contribution in [0.5, 0.6) is 0 Å². The molecule has 1 aliphatic heterocycles. The summed E-state index contributed by atoms with van der Waals surface area (Å²) >= 11 is 0. The van der Waals surface area contributed by atoms with Crippen LogP contribution in [0.25, 0.3) is 11.1 Å². The molecule has 2 fully saturated rings. The predicted molar refractivity (Wildman–Crippen MR) is 131 cm³/mol. The number of alkyl carbamates (subject to hydrolysis) is 1. The second kappa shape index (κ2) is 8.70. The molecule has 0 aromatic heterocycles. The minimum absolute atomic E-state index is 0.0240. The number of fused-ring (bicyclic) bond motifs is 4. The van der Waals surface area contributed by atoms with Gasteiger partial charge in [0.25, 0.3) is 0 Å². The number of hydrogen-bond donors (Lipinski definition) is 2. The van der Waals surface area contributed by atoms with Crippen molar-refractivity contribution in [2.24, 2.45) is 23.2 Å². The second-order valence-electron chi connectivity index (χ2n) is 10.6. The minimum atomic E-state index is -0.816. The lowest BCUT2D eigenvalue weighted by Gasteiger charge is -2.32. The highest BCUT2D eigenvalue weighted by Gasteiger charge is 2.66. The van der Waals surface area contributed by atoms with Crippen molar-refractivity contribution in [1.29, 1.82) is 0 Å². The van der Waals surface area contributed by atoms with E-state index in [2.05, 4.69) is 29.6 Å². The summed E-state index contributed by atoms with van der Waals surface area (Å²) in [6.45, 7) is 6.65. The highest BCUT2D eigenvalue weighted by atomic mass is 16.5. The van der Waals surface area contributed by atoms with Crippen molar-refractivity contribution in [3.05, 3.63) is 59.7 Å². The van der Waals surface area contributed by atoms with E-state index in [9.17, 15) is 19.5 Å². The summed E-state index contributed by atoms with van der Waals surface area (Å²) in [5, 5.41) is 12.4. The van der Waals surface area contributed by atoms with E-state index in [0.29, 0.717) is 13.0 Å². The lowest BCUT2D eigenvalue weighted by molar-refractivity contribution is -0.144. The number of piperidine rings is 1. The predicted octanol–water partition coefficient (Wildman–Crippen LogP) is 4.12. The van der Waals surface area contributed by atoms with Gasteiger partial charge in [-0.25, -0.2) is 4.79 Å². The van der Waals surface area contributed by atoms with Crippen LogP contribution < -0.4 is 5.32 Å². The zero-order valence-corrected chi connectivity index (χ0v) is 20.4. The van der Waals surface area contributed by atoms with Crippen LogP contribution in [0.4, 0.5) is 4.79 Å². The van der Waals surface area contributed by atoms with E-state index in [-0.39, 0.29) is 36.8 Å². The third-order valence-electron chi connectivity index (χ3n) is 8.11. The van der Waals surface area contributed by atoms with E-state index in [1.54, 1.807) is 4.90 Å². The van der Waals surface area contributed by atoms with Crippen molar-refractivity contribution >= 4 is 18.0 Å². The first-order chi connectivity index (χ1) is 16.7. The van der Waals surface area contributed by atoms with E-state index in [1.807, 2.05) is 45.0 Å². The molecule has 1 saturated heterocycles. The molecule has 2 aromatic rings. The fourth-order valence-corrected chi connectivity index (χ4v) is 6.19. The molecule has 3 aliphatic rings. The van der Waals surface area contributed by atoms with Crippen molar-refractivity contribution in [2.45, 2.75) is 39.2 Å². The smallest absolute Gasteiger partial charge is 0.407 e. The average Bonchev–Trinajstić information content (AvgIpc) is 3.25. The van der Waals surface area contributed by atoms with Crippen LogP contribution in [0.3, 0.4) is 0 Å². The molecule has 5 rings (SSSR count). The monoisotopic (exact) mass is 476 g/mol. The van der Waals surface area contributed by atoms with Crippen LogP contribution in [0.1, 0.15) is 44.2 Å². The van der Waals surface area contributed by atoms with Gasteiger partial charge >= 0.3 is 12.1 Å². The number of rotatable bonds is 7. The Morgan fingerprint density at radius 1 is 1.06 bits per heavy atom. The maximum atomic E-state index is 13.3. The van der Waals surface area contributed by atoms with E-state index < -0.39 is 29.4 Å². The molecule has 1 saturated carbocycles. The van der Waals surface area contributed by atoms with Crippen LogP contribution in [-0.2, 0) is 14.3 Å². The molecular weight excluding hydrogens is 444 g/mol. The van der Waals surface area contributed by atoms with Gasteiger partial charge in [-0.1, -0.05) is 62.4 Å². The van der Waals surface area contributed by atoms with Crippen molar-refractivity contribution in [3.63, 3.8) is 0 Å². The largest absolute Gasteiger partial charge is 0.481 e. The topological polar surface area (TPSA) is 95.9 Å². The van der Waals surface area contributed by atoms with Gasteiger partial charge in [-0.05, 0) is 47.4 Å². The molecule has 35 heavy (non-hydrogen) atoms. The molecule has 2 aliphatic carbocycles. The molecule has 0 radical (unpaired) electrons.